The van der Waals surface area contributed by atoms with Gasteiger partial charge in [0, 0.05) is 42.9 Å². The predicted molar refractivity (Wildman–Crippen MR) is 158 cm³/mol. The van der Waals surface area contributed by atoms with E-state index in [-0.39, 0.29) is 11.8 Å². The minimum absolute atomic E-state index is 0.174. The Morgan fingerprint density at radius 3 is 2.68 bits per heavy atom. The van der Waals surface area contributed by atoms with E-state index >= 15 is 0 Å². The second kappa shape index (κ2) is 12.6. The molecule has 0 aliphatic carbocycles. The first-order chi connectivity index (χ1) is 19.9. The van der Waals surface area contributed by atoms with Crippen LogP contribution in [0.15, 0.2) is 42.6 Å². The monoisotopic (exact) mass is 558 g/mol. The SMILES string of the molecule is CCn1nc(C)c(CNc2cnc3c(c2)c(NC(=O)[C@@H]2CCOC2)c(C(=O)OC)n3CCCc2ccccc2)c1C. The summed E-state index contributed by atoms with van der Waals surface area (Å²) in [5.41, 5.74) is 6.57. The summed E-state index contributed by atoms with van der Waals surface area (Å²) in [4.78, 5) is 31.2. The summed E-state index contributed by atoms with van der Waals surface area (Å²) in [6.07, 6.45) is 4.03. The molecule has 3 aromatic heterocycles. The molecular weight excluding hydrogens is 520 g/mol. The van der Waals surface area contributed by atoms with E-state index in [0.29, 0.717) is 55.1 Å². The summed E-state index contributed by atoms with van der Waals surface area (Å²) in [5.74, 6) is -0.965. The largest absolute Gasteiger partial charge is 0.464 e. The molecule has 0 bridgehead atoms. The van der Waals surface area contributed by atoms with Gasteiger partial charge in [-0.25, -0.2) is 9.78 Å². The average molecular weight is 559 g/mol. The minimum Gasteiger partial charge on any atom is -0.464 e. The zero-order valence-electron chi connectivity index (χ0n) is 24.2. The smallest absolute Gasteiger partial charge is 0.356 e. The summed E-state index contributed by atoms with van der Waals surface area (Å²) in [5, 5.41) is 11.8. The number of pyridine rings is 1. The number of anilines is 2. The molecule has 5 rings (SSSR count). The van der Waals surface area contributed by atoms with Gasteiger partial charge in [-0.05, 0) is 51.7 Å². The van der Waals surface area contributed by atoms with Crippen LogP contribution in [0.5, 0.6) is 0 Å². The van der Waals surface area contributed by atoms with Crippen molar-refractivity contribution < 1.29 is 19.1 Å². The van der Waals surface area contributed by atoms with E-state index in [1.807, 2.05) is 40.4 Å². The van der Waals surface area contributed by atoms with Crippen molar-refractivity contribution in [2.75, 3.05) is 31.0 Å². The van der Waals surface area contributed by atoms with Crippen LogP contribution in [0, 0.1) is 19.8 Å². The number of aryl methyl sites for hydroxylation is 4. The molecule has 41 heavy (non-hydrogen) atoms. The molecule has 10 nitrogen and oxygen atoms in total. The number of hydrogen-bond donors (Lipinski definition) is 2. The Balaban J connectivity index is 1.50. The number of carbonyl (C=O) groups excluding carboxylic acids is 2. The van der Waals surface area contributed by atoms with Crippen LogP contribution in [0.2, 0.25) is 0 Å². The molecule has 1 aliphatic rings. The van der Waals surface area contributed by atoms with Gasteiger partial charge in [0.2, 0.25) is 5.91 Å². The highest BCUT2D eigenvalue weighted by atomic mass is 16.5. The lowest BCUT2D eigenvalue weighted by Crippen LogP contribution is -2.24. The Bertz CT molecular complexity index is 1540. The molecule has 4 heterocycles. The standard InChI is InChI=1S/C31H38N6O4/c1-5-37-21(3)26(20(2)35-37)18-32-24-16-25-27(34-30(38)23-13-15-41-19-23)28(31(39)40-4)36(29(25)33-17-24)14-9-12-22-10-7-6-8-11-22/h6-8,10-11,16-17,23,32H,5,9,12-15,18-19H2,1-4H3,(H,34,38)/t23-/m1/s1. The van der Waals surface area contributed by atoms with Crippen molar-refractivity contribution in [2.24, 2.45) is 5.92 Å². The van der Waals surface area contributed by atoms with Crippen molar-refractivity contribution in [2.45, 2.75) is 59.7 Å². The highest BCUT2D eigenvalue weighted by Gasteiger charge is 2.30. The Morgan fingerprint density at radius 1 is 1.20 bits per heavy atom. The third kappa shape index (κ3) is 5.97. The van der Waals surface area contributed by atoms with Gasteiger partial charge in [0.15, 0.2) is 5.69 Å². The number of benzene rings is 1. The van der Waals surface area contributed by atoms with Crippen molar-refractivity contribution in [1.82, 2.24) is 19.3 Å². The number of rotatable bonds is 11. The zero-order chi connectivity index (χ0) is 28.9. The molecule has 1 aromatic carbocycles. The average Bonchev–Trinajstić information content (AvgIpc) is 3.70. The van der Waals surface area contributed by atoms with E-state index in [9.17, 15) is 9.59 Å². The third-order valence-electron chi connectivity index (χ3n) is 7.82. The van der Waals surface area contributed by atoms with E-state index in [4.69, 9.17) is 14.5 Å². The van der Waals surface area contributed by atoms with Gasteiger partial charge >= 0.3 is 5.97 Å². The molecule has 2 N–H and O–H groups in total. The van der Waals surface area contributed by atoms with E-state index in [1.165, 1.54) is 12.7 Å². The summed E-state index contributed by atoms with van der Waals surface area (Å²) < 4.78 is 14.5. The van der Waals surface area contributed by atoms with Crippen LogP contribution in [0.25, 0.3) is 11.0 Å². The maximum atomic E-state index is 13.2. The van der Waals surface area contributed by atoms with Crippen LogP contribution < -0.4 is 10.6 Å². The number of ether oxygens (including phenoxy) is 2. The zero-order valence-corrected chi connectivity index (χ0v) is 24.2. The molecule has 1 atom stereocenters. The minimum atomic E-state index is -0.520. The van der Waals surface area contributed by atoms with Gasteiger partial charge in [-0.2, -0.15) is 5.10 Å². The maximum Gasteiger partial charge on any atom is 0.356 e. The fourth-order valence-corrected chi connectivity index (χ4v) is 5.52. The molecule has 0 radical (unpaired) electrons. The molecule has 1 saturated heterocycles. The fraction of sp³-hybridized carbons (Fsp3) is 0.419. The van der Waals surface area contributed by atoms with Gasteiger partial charge in [-0.15, -0.1) is 0 Å². The van der Waals surface area contributed by atoms with Crippen molar-refractivity contribution >= 4 is 34.3 Å². The molecule has 1 fully saturated rings. The first kappa shape index (κ1) is 28.4. The quantitative estimate of drug-likeness (QED) is 0.253. The molecule has 0 spiro atoms. The number of aromatic nitrogens is 4. The van der Waals surface area contributed by atoms with Crippen molar-refractivity contribution in [3.05, 3.63) is 70.8 Å². The maximum absolute atomic E-state index is 13.2. The topological polar surface area (TPSA) is 112 Å². The molecule has 4 aromatic rings. The van der Waals surface area contributed by atoms with E-state index in [2.05, 4.69) is 41.7 Å². The van der Waals surface area contributed by atoms with Crippen LogP contribution in [0.4, 0.5) is 11.4 Å². The van der Waals surface area contributed by atoms with Crippen molar-refractivity contribution in [3.8, 4) is 0 Å². The number of methoxy groups -OCH3 is 1. The fourth-order valence-electron chi connectivity index (χ4n) is 5.52. The lowest BCUT2D eigenvalue weighted by atomic mass is 10.1. The van der Waals surface area contributed by atoms with Crippen LogP contribution in [0.1, 0.15) is 52.8 Å². The van der Waals surface area contributed by atoms with Gasteiger partial charge in [-0.1, -0.05) is 30.3 Å². The number of nitrogens with one attached hydrogen (secondary N) is 2. The second-order valence-electron chi connectivity index (χ2n) is 10.4. The van der Waals surface area contributed by atoms with Crippen LogP contribution in [0.3, 0.4) is 0 Å². The Hall–Kier alpha value is -4.18. The highest BCUT2D eigenvalue weighted by Crippen LogP contribution is 2.34. The lowest BCUT2D eigenvalue weighted by Gasteiger charge is -2.12. The molecule has 216 valence electrons. The van der Waals surface area contributed by atoms with E-state index in [1.54, 1.807) is 6.20 Å². The molecule has 10 heteroatoms. The van der Waals surface area contributed by atoms with Gasteiger partial charge in [0.25, 0.3) is 0 Å². The van der Waals surface area contributed by atoms with Gasteiger partial charge in [-0.3, -0.25) is 9.48 Å². The number of carbonyl (C=O) groups is 2. The molecule has 1 aliphatic heterocycles. The third-order valence-corrected chi connectivity index (χ3v) is 7.82. The molecule has 1 amide bonds. The first-order valence-corrected chi connectivity index (χ1v) is 14.2. The Morgan fingerprint density at radius 2 is 2.00 bits per heavy atom. The number of nitrogens with zero attached hydrogens (tertiary/aromatic N) is 4. The number of amides is 1. The number of fused-ring (bicyclic) bond motifs is 1. The highest BCUT2D eigenvalue weighted by molar-refractivity contribution is 6.11. The molecular formula is C31H38N6O4. The van der Waals surface area contributed by atoms with Crippen LogP contribution >= 0.6 is 0 Å². The van der Waals surface area contributed by atoms with Gasteiger partial charge in [0.1, 0.15) is 5.65 Å². The van der Waals surface area contributed by atoms with Crippen molar-refractivity contribution in [1.29, 1.82) is 0 Å². The lowest BCUT2D eigenvalue weighted by molar-refractivity contribution is -0.119. The molecule has 0 unspecified atom stereocenters. The first-order valence-electron chi connectivity index (χ1n) is 14.2. The Labute approximate surface area is 240 Å². The van der Waals surface area contributed by atoms with E-state index in [0.717, 1.165) is 42.0 Å². The van der Waals surface area contributed by atoms with Gasteiger partial charge < -0.3 is 24.7 Å². The number of esters is 1. The Kier molecular flexibility index (Phi) is 8.68. The summed E-state index contributed by atoms with van der Waals surface area (Å²) in [6.45, 7) is 8.99. The van der Waals surface area contributed by atoms with Crippen molar-refractivity contribution in [3.63, 3.8) is 0 Å². The van der Waals surface area contributed by atoms with Crippen LogP contribution in [-0.2, 0) is 40.3 Å². The summed E-state index contributed by atoms with van der Waals surface area (Å²) in [7, 11) is 1.35. The van der Waals surface area contributed by atoms with Gasteiger partial charge in [0.05, 0.1) is 42.9 Å². The summed E-state index contributed by atoms with van der Waals surface area (Å²) in [6, 6.07) is 12.2. The van der Waals surface area contributed by atoms with E-state index < -0.39 is 5.97 Å². The normalized spacial score (nSPS) is 14.9. The predicted octanol–water partition coefficient (Wildman–Crippen LogP) is 4.88. The second-order valence-corrected chi connectivity index (χ2v) is 10.4. The number of hydrogen-bond acceptors (Lipinski definition) is 7. The molecule has 0 saturated carbocycles. The van der Waals surface area contributed by atoms with Crippen LogP contribution in [-0.4, -0.2) is 51.5 Å². The summed E-state index contributed by atoms with van der Waals surface area (Å²) >= 11 is 0.